The van der Waals surface area contributed by atoms with Crippen LogP contribution in [0.3, 0.4) is 0 Å². The van der Waals surface area contributed by atoms with E-state index in [2.05, 4.69) is 88.2 Å². The highest BCUT2D eigenvalue weighted by Gasteiger charge is 2.42. The van der Waals surface area contributed by atoms with Crippen molar-refractivity contribution < 1.29 is 0 Å². The van der Waals surface area contributed by atoms with E-state index in [0.29, 0.717) is 6.04 Å². The van der Waals surface area contributed by atoms with Gasteiger partial charge in [0.1, 0.15) is 5.82 Å². The molecule has 41 heavy (non-hydrogen) atoms. The van der Waals surface area contributed by atoms with E-state index < -0.39 is 0 Å². The Morgan fingerprint density at radius 1 is 1.15 bits per heavy atom. The van der Waals surface area contributed by atoms with Crippen molar-refractivity contribution in [2.75, 3.05) is 50.3 Å². The van der Waals surface area contributed by atoms with Crippen molar-refractivity contribution in [3.63, 3.8) is 0 Å². The number of allylic oxidation sites excluding steroid dienone is 4. The second-order valence-electron chi connectivity index (χ2n) is 12.2. The molecule has 5 aliphatic heterocycles. The maximum Gasteiger partial charge on any atom is 0.118 e. The van der Waals surface area contributed by atoms with Gasteiger partial charge < -0.3 is 10.2 Å². The van der Waals surface area contributed by atoms with Gasteiger partial charge in [0.05, 0.1) is 11.8 Å². The number of likely N-dealkylation sites (tertiary alicyclic amines) is 2. The Morgan fingerprint density at radius 3 is 2.68 bits per heavy atom. The van der Waals surface area contributed by atoms with Gasteiger partial charge in [0.2, 0.25) is 0 Å². The molecule has 5 aliphatic rings. The fourth-order valence-corrected chi connectivity index (χ4v) is 7.84. The monoisotopic (exact) mass is 567 g/mol. The summed E-state index contributed by atoms with van der Waals surface area (Å²) in [7, 11) is 0.958. The van der Waals surface area contributed by atoms with E-state index in [1.165, 1.54) is 52.9 Å². The van der Waals surface area contributed by atoms with Crippen LogP contribution in [0.25, 0.3) is 0 Å². The molecule has 3 fully saturated rings. The summed E-state index contributed by atoms with van der Waals surface area (Å²) in [5, 5.41) is 13.4. The minimum Gasteiger partial charge on any atom is -0.357 e. The Kier molecular flexibility index (Phi) is 9.11. The fourth-order valence-electron chi connectivity index (χ4n) is 6.96. The lowest BCUT2D eigenvalue weighted by atomic mass is 9.84. The third-order valence-electron chi connectivity index (χ3n) is 9.26. The number of nitrogens with zero attached hydrogens (tertiary/aromatic N) is 4. The normalized spacial score (nSPS) is 25.1. The highest BCUT2D eigenvalue weighted by atomic mass is 31.1. The topological polar surface area (TPSA) is 55.5 Å². The summed E-state index contributed by atoms with van der Waals surface area (Å²) >= 11 is 0. The van der Waals surface area contributed by atoms with Crippen LogP contribution in [0.15, 0.2) is 82.1 Å². The maximum atomic E-state index is 9.67. The summed E-state index contributed by atoms with van der Waals surface area (Å²) in [6.07, 6.45) is 16.1. The van der Waals surface area contributed by atoms with Crippen LogP contribution in [0, 0.1) is 24.2 Å². The molecule has 2 unspecified atom stereocenters. The molecule has 0 amide bonds. The average molecular weight is 568 g/mol. The number of unbranched alkanes of at least 4 members (excludes halogenated alkanes) is 1. The maximum absolute atomic E-state index is 9.67. The highest BCUT2D eigenvalue weighted by molar-refractivity contribution is 7.42. The molecular weight excluding hydrogens is 521 g/mol. The number of para-hydroxylation sites is 1. The molecule has 0 spiro atoms. The van der Waals surface area contributed by atoms with Gasteiger partial charge in [-0.15, -0.1) is 0 Å². The number of anilines is 1. The highest BCUT2D eigenvalue weighted by Crippen LogP contribution is 2.46. The Balaban J connectivity index is 1.40. The van der Waals surface area contributed by atoms with Crippen molar-refractivity contribution >= 4 is 14.3 Å². The predicted molar refractivity (Wildman–Crippen MR) is 173 cm³/mol. The first-order chi connectivity index (χ1) is 20.2. The summed E-state index contributed by atoms with van der Waals surface area (Å²) in [6.45, 7) is 10.8. The quantitative estimate of drug-likeness (QED) is 0.262. The Labute approximate surface area is 249 Å². The molecule has 1 aromatic rings. The average Bonchev–Trinajstić information content (AvgIpc) is 3.85. The summed E-state index contributed by atoms with van der Waals surface area (Å²) in [5.41, 5.74) is 10.2. The third-order valence-corrected chi connectivity index (χ3v) is 10.3. The van der Waals surface area contributed by atoms with Gasteiger partial charge in [0.25, 0.3) is 0 Å². The van der Waals surface area contributed by atoms with Gasteiger partial charge in [0, 0.05) is 56.0 Å². The van der Waals surface area contributed by atoms with Gasteiger partial charge in [-0.1, -0.05) is 64.2 Å². The number of fused-ring (bicyclic) bond motifs is 1. The van der Waals surface area contributed by atoms with Gasteiger partial charge in [-0.2, -0.15) is 5.26 Å². The number of piperidine rings is 2. The van der Waals surface area contributed by atoms with Gasteiger partial charge in [-0.25, -0.2) is 0 Å². The van der Waals surface area contributed by atoms with E-state index in [-0.39, 0.29) is 5.92 Å². The van der Waals surface area contributed by atoms with E-state index in [1.54, 1.807) is 11.1 Å². The lowest BCUT2D eigenvalue weighted by Gasteiger charge is -2.48. The van der Waals surface area contributed by atoms with Crippen molar-refractivity contribution in [3.8, 4) is 6.07 Å². The molecule has 0 aromatic heterocycles. The van der Waals surface area contributed by atoms with Crippen molar-refractivity contribution in [3.05, 3.63) is 87.7 Å². The largest absolute Gasteiger partial charge is 0.357 e. The number of rotatable bonds is 9. The van der Waals surface area contributed by atoms with Gasteiger partial charge >= 0.3 is 0 Å². The number of nitriles is 1. The van der Waals surface area contributed by atoms with Crippen LogP contribution in [-0.4, -0.2) is 61.3 Å². The molecule has 0 radical (unpaired) electrons. The molecule has 5 heterocycles. The van der Waals surface area contributed by atoms with E-state index in [1.807, 2.05) is 0 Å². The standard InChI is InChI=1S/C35H46N5P/c1-3-4-12-33-34(31-23-37-31)29-16-18-38(17-7-10-28-11-8-21-41-25-28)24-30(29)35(39-19-14-27(22-36)15-20-39)40(33)32-13-6-5-9-26(32)2/h5-6,8-9,11-13,25,27,31,37,41H,3-4,7,10,14-21,23-24H2,1-2H3/b33-12+. The van der Waals surface area contributed by atoms with Gasteiger partial charge in [-0.05, 0) is 86.5 Å². The lowest BCUT2D eigenvalue weighted by molar-refractivity contribution is 0.236. The molecule has 0 saturated carbocycles. The third kappa shape index (κ3) is 6.26. The fraction of sp³-hybridized carbons (Fsp3) is 0.514. The van der Waals surface area contributed by atoms with Crippen molar-refractivity contribution in [2.45, 2.75) is 64.8 Å². The molecule has 216 valence electrons. The number of benzene rings is 1. The zero-order valence-corrected chi connectivity index (χ0v) is 26.0. The molecule has 2 atom stereocenters. The lowest BCUT2D eigenvalue weighted by Crippen LogP contribution is -2.47. The first kappa shape index (κ1) is 28.5. The zero-order chi connectivity index (χ0) is 28.2. The first-order valence-corrected chi connectivity index (χ1v) is 17.2. The summed E-state index contributed by atoms with van der Waals surface area (Å²) in [6, 6.07) is 11.9. The van der Waals surface area contributed by atoms with E-state index >= 15 is 0 Å². The van der Waals surface area contributed by atoms with E-state index in [0.717, 1.165) is 80.0 Å². The molecule has 0 bridgehead atoms. The van der Waals surface area contributed by atoms with Crippen molar-refractivity contribution in [1.29, 1.82) is 5.26 Å². The second-order valence-corrected chi connectivity index (χ2v) is 13.3. The zero-order valence-electron chi connectivity index (χ0n) is 25.0. The molecule has 3 saturated heterocycles. The van der Waals surface area contributed by atoms with Crippen LogP contribution in [0.4, 0.5) is 5.69 Å². The minimum absolute atomic E-state index is 0.176. The molecule has 0 aliphatic carbocycles. The molecule has 6 heteroatoms. The Hall–Kier alpha value is -2.64. The van der Waals surface area contributed by atoms with E-state index in [9.17, 15) is 5.26 Å². The van der Waals surface area contributed by atoms with Crippen LogP contribution in [0.1, 0.15) is 57.4 Å². The van der Waals surface area contributed by atoms with E-state index in [4.69, 9.17) is 0 Å². The van der Waals surface area contributed by atoms with Crippen LogP contribution in [-0.2, 0) is 0 Å². The number of aryl methyl sites for hydroxylation is 1. The van der Waals surface area contributed by atoms with Crippen LogP contribution in [0.5, 0.6) is 0 Å². The molecule has 1 aromatic carbocycles. The van der Waals surface area contributed by atoms with Gasteiger partial charge in [0.15, 0.2) is 0 Å². The second kappa shape index (κ2) is 13.1. The molecule has 1 N–H and O–H groups in total. The first-order valence-electron chi connectivity index (χ1n) is 15.9. The van der Waals surface area contributed by atoms with Crippen LogP contribution >= 0.6 is 8.58 Å². The number of nitrogens with one attached hydrogen (secondary N) is 1. The summed E-state index contributed by atoms with van der Waals surface area (Å²) in [4.78, 5) is 7.98. The Morgan fingerprint density at radius 2 is 1.98 bits per heavy atom. The van der Waals surface area contributed by atoms with Crippen LogP contribution in [0.2, 0.25) is 0 Å². The summed E-state index contributed by atoms with van der Waals surface area (Å²) in [5.74, 6) is 4.03. The molecule has 6 rings (SSSR count). The molecule has 5 nitrogen and oxygen atoms in total. The minimum atomic E-state index is 0.176. The van der Waals surface area contributed by atoms with Crippen molar-refractivity contribution in [2.24, 2.45) is 5.92 Å². The van der Waals surface area contributed by atoms with Gasteiger partial charge in [-0.3, -0.25) is 9.80 Å². The number of hydrogen-bond acceptors (Lipinski definition) is 5. The predicted octanol–water partition coefficient (Wildman–Crippen LogP) is 6.83. The number of hydrogen-bond donors (Lipinski definition) is 1. The summed E-state index contributed by atoms with van der Waals surface area (Å²) < 4.78 is 0. The van der Waals surface area contributed by atoms with Crippen molar-refractivity contribution in [1.82, 2.24) is 15.1 Å². The molecular formula is C35H46N5P. The Bertz CT molecular complexity index is 1320. The SMILES string of the molecule is CCC/C=C1\C(C2CN2)=C2CCN(CCCC3=CPCC=C3)CC2=C(N2CCC(C#N)CC2)N1c1ccccc1C. The smallest absolute Gasteiger partial charge is 0.118 e. The van der Waals surface area contributed by atoms with Crippen LogP contribution < -0.4 is 10.2 Å².